The van der Waals surface area contributed by atoms with Crippen molar-refractivity contribution in [3.63, 3.8) is 0 Å². The van der Waals surface area contributed by atoms with E-state index in [0.29, 0.717) is 23.8 Å². The van der Waals surface area contributed by atoms with Crippen molar-refractivity contribution < 1.29 is 17.9 Å². The highest BCUT2D eigenvalue weighted by molar-refractivity contribution is 8.13. The standard InChI is InChI=1S/C14H20ClNO4S/c1-10(2)9-16(3)14(17)8-11-7-12(21(15,18)19)5-6-13(11)20-4/h5-7,10H,8-9H2,1-4H3. The molecule has 5 nitrogen and oxygen atoms in total. The summed E-state index contributed by atoms with van der Waals surface area (Å²) in [4.78, 5) is 13.7. The number of rotatable bonds is 6. The summed E-state index contributed by atoms with van der Waals surface area (Å²) >= 11 is 0. The Kier molecular flexibility index (Phi) is 6.04. The second kappa shape index (κ2) is 7.13. The molecule has 0 spiro atoms. The monoisotopic (exact) mass is 333 g/mol. The van der Waals surface area contributed by atoms with Crippen LogP contribution in [0.4, 0.5) is 0 Å². The summed E-state index contributed by atoms with van der Waals surface area (Å²) in [6.45, 7) is 4.67. The van der Waals surface area contributed by atoms with Crippen LogP contribution in [0, 0.1) is 5.92 Å². The van der Waals surface area contributed by atoms with E-state index in [1.807, 2.05) is 13.8 Å². The van der Waals surface area contributed by atoms with Crippen LogP contribution in [-0.2, 0) is 20.3 Å². The molecule has 0 aliphatic carbocycles. The van der Waals surface area contributed by atoms with Gasteiger partial charge >= 0.3 is 0 Å². The highest BCUT2D eigenvalue weighted by Gasteiger charge is 2.17. The Labute approximate surface area is 130 Å². The molecule has 0 aliphatic heterocycles. The minimum absolute atomic E-state index is 0.0423. The zero-order valence-corrected chi connectivity index (χ0v) is 14.2. The topological polar surface area (TPSA) is 63.7 Å². The van der Waals surface area contributed by atoms with Gasteiger partial charge in [-0.25, -0.2) is 8.42 Å². The van der Waals surface area contributed by atoms with Crippen molar-refractivity contribution in [3.05, 3.63) is 23.8 Å². The van der Waals surface area contributed by atoms with E-state index < -0.39 is 9.05 Å². The summed E-state index contributed by atoms with van der Waals surface area (Å²) in [6, 6.07) is 4.23. The third-order valence-electron chi connectivity index (χ3n) is 2.94. The Hall–Kier alpha value is -1.27. The van der Waals surface area contributed by atoms with Crippen LogP contribution in [0.2, 0.25) is 0 Å². The number of hydrogen-bond donors (Lipinski definition) is 0. The number of hydrogen-bond acceptors (Lipinski definition) is 4. The molecule has 0 radical (unpaired) electrons. The summed E-state index contributed by atoms with van der Waals surface area (Å²) in [5.41, 5.74) is 0.500. The first-order valence-corrected chi connectivity index (χ1v) is 8.81. The SMILES string of the molecule is COc1ccc(S(=O)(=O)Cl)cc1CC(=O)N(C)CC(C)C. The van der Waals surface area contributed by atoms with Crippen LogP contribution in [0.25, 0.3) is 0 Å². The Morgan fingerprint density at radius 3 is 2.48 bits per heavy atom. The maximum absolute atomic E-state index is 12.2. The molecule has 0 saturated carbocycles. The van der Waals surface area contributed by atoms with Gasteiger partial charge in [-0.1, -0.05) is 13.8 Å². The van der Waals surface area contributed by atoms with Crippen LogP contribution in [0.1, 0.15) is 19.4 Å². The van der Waals surface area contributed by atoms with E-state index in [2.05, 4.69) is 0 Å². The summed E-state index contributed by atoms with van der Waals surface area (Å²) < 4.78 is 27.9. The van der Waals surface area contributed by atoms with Crippen molar-refractivity contribution in [2.45, 2.75) is 25.2 Å². The van der Waals surface area contributed by atoms with Gasteiger partial charge in [0.25, 0.3) is 9.05 Å². The molecule has 118 valence electrons. The van der Waals surface area contributed by atoms with Crippen LogP contribution in [-0.4, -0.2) is 39.9 Å². The quantitative estimate of drug-likeness (QED) is 0.749. The maximum atomic E-state index is 12.2. The van der Waals surface area contributed by atoms with Gasteiger partial charge in [-0.15, -0.1) is 0 Å². The minimum atomic E-state index is -3.83. The van der Waals surface area contributed by atoms with Crippen LogP contribution >= 0.6 is 10.7 Å². The molecule has 1 aromatic carbocycles. The summed E-state index contributed by atoms with van der Waals surface area (Å²) in [5.74, 6) is 0.715. The van der Waals surface area contributed by atoms with Crippen molar-refractivity contribution in [3.8, 4) is 5.75 Å². The van der Waals surface area contributed by atoms with E-state index in [0.717, 1.165) is 0 Å². The highest BCUT2D eigenvalue weighted by atomic mass is 35.7. The predicted molar refractivity (Wildman–Crippen MR) is 82.2 cm³/mol. The van der Waals surface area contributed by atoms with Gasteiger partial charge in [0.1, 0.15) is 5.75 Å². The molecule has 0 bridgehead atoms. The third kappa shape index (κ3) is 5.21. The van der Waals surface area contributed by atoms with Crippen molar-refractivity contribution >= 4 is 25.6 Å². The zero-order chi connectivity index (χ0) is 16.2. The van der Waals surface area contributed by atoms with Crippen LogP contribution in [0.3, 0.4) is 0 Å². The van der Waals surface area contributed by atoms with E-state index in [4.69, 9.17) is 15.4 Å². The molecule has 0 heterocycles. The van der Waals surface area contributed by atoms with Crippen LogP contribution in [0.15, 0.2) is 23.1 Å². The minimum Gasteiger partial charge on any atom is -0.496 e. The van der Waals surface area contributed by atoms with E-state index in [1.165, 1.54) is 25.3 Å². The fourth-order valence-electron chi connectivity index (χ4n) is 1.99. The molecule has 0 aliphatic rings. The molecular formula is C14H20ClNO4S. The van der Waals surface area contributed by atoms with Crippen molar-refractivity contribution in [1.82, 2.24) is 4.90 Å². The van der Waals surface area contributed by atoms with Crippen LogP contribution < -0.4 is 4.74 Å². The summed E-state index contributed by atoms with van der Waals surface area (Å²) in [6.07, 6.45) is 0.0621. The maximum Gasteiger partial charge on any atom is 0.261 e. The zero-order valence-electron chi connectivity index (χ0n) is 12.6. The van der Waals surface area contributed by atoms with Gasteiger partial charge in [-0.05, 0) is 24.1 Å². The lowest BCUT2D eigenvalue weighted by Gasteiger charge is -2.20. The summed E-state index contributed by atoms with van der Waals surface area (Å²) in [5, 5.41) is 0. The smallest absolute Gasteiger partial charge is 0.261 e. The second-order valence-corrected chi connectivity index (χ2v) is 7.82. The fraction of sp³-hybridized carbons (Fsp3) is 0.500. The van der Waals surface area contributed by atoms with Crippen LogP contribution in [0.5, 0.6) is 5.75 Å². The van der Waals surface area contributed by atoms with Gasteiger partial charge in [-0.2, -0.15) is 0 Å². The Balaban J connectivity index is 3.03. The number of carbonyl (C=O) groups excluding carboxylic acids is 1. The van der Waals surface area contributed by atoms with Gasteiger partial charge in [0.05, 0.1) is 18.4 Å². The largest absolute Gasteiger partial charge is 0.496 e. The molecule has 1 amide bonds. The number of ether oxygens (including phenoxy) is 1. The highest BCUT2D eigenvalue weighted by Crippen LogP contribution is 2.25. The van der Waals surface area contributed by atoms with Gasteiger partial charge < -0.3 is 9.64 Å². The van der Waals surface area contributed by atoms with Gasteiger partial charge in [0.2, 0.25) is 5.91 Å². The number of methoxy groups -OCH3 is 1. The number of halogens is 1. The van der Waals surface area contributed by atoms with E-state index >= 15 is 0 Å². The fourth-order valence-corrected chi connectivity index (χ4v) is 2.79. The van der Waals surface area contributed by atoms with Crippen molar-refractivity contribution in [2.24, 2.45) is 5.92 Å². The summed E-state index contributed by atoms with van der Waals surface area (Å²) in [7, 11) is 4.68. The first-order chi connectivity index (χ1) is 9.65. The molecule has 7 heteroatoms. The average molecular weight is 334 g/mol. The molecule has 0 atom stereocenters. The molecule has 1 rings (SSSR count). The van der Waals surface area contributed by atoms with Crippen molar-refractivity contribution in [1.29, 1.82) is 0 Å². The predicted octanol–water partition coefficient (Wildman–Crippen LogP) is 2.28. The van der Waals surface area contributed by atoms with E-state index in [1.54, 1.807) is 11.9 Å². The Morgan fingerprint density at radius 1 is 1.38 bits per heavy atom. The number of nitrogens with zero attached hydrogens (tertiary/aromatic N) is 1. The molecule has 0 fully saturated rings. The number of benzene rings is 1. The lowest BCUT2D eigenvalue weighted by Crippen LogP contribution is -2.31. The third-order valence-corrected chi connectivity index (χ3v) is 4.29. The second-order valence-electron chi connectivity index (χ2n) is 5.26. The molecule has 0 saturated heterocycles. The lowest BCUT2D eigenvalue weighted by molar-refractivity contribution is -0.129. The first kappa shape index (κ1) is 17.8. The molecule has 0 unspecified atom stereocenters. The van der Waals surface area contributed by atoms with Crippen molar-refractivity contribution in [2.75, 3.05) is 20.7 Å². The number of amides is 1. The molecular weight excluding hydrogens is 314 g/mol. The lowest BCUT2D eigenvalue weighted by atomic mass is 10.1. The Bertz CT molecular complexity index is 613. The van der Waals surface area contributed by atoms with E-state index in [9.17, 15) is 13.2 Å². The average Bonchev–Trinajstić information content (AvgIpc) is 2.36. The first-order valence-electron chi connectivity index (χ1n) is 6.50. The molecule has 0 aromatic heterocycles. The Morgan fingerprint density at radius 2 is 2.00 bits per heavy atom. The van der Waals surface area contributed by atoms with Gasteiger partial charge in [-0.3, -0.25) is 4.79 Å². The van der Waals surface area contributed by atoms with Gasteiger partial charge in [0.15, 0.2) is 0 Å². The normalized spacial score (nSPS) is 11.5. The number of carbonyl (C=O) groups is 1. The van der Waals surface area contributed by atoms with Gasteiger partial charge in [0, 0.05) is 29.8 Å². The number of likely N-dealkylation sites (N-methyl/N-ethyl adjacent to an activating group) is 1. The molecule has 0 N–H and O–H groups in total. The van der Waals surface area contributed by atoms with E-state index in [-0.39, 0.29) is 17.2 Å². The molecule has 1 aromatic rings. The molecule has 21 heavy (non-hydrogen) atoms.